The number of carbonyl (C=O) groups is 1. The average Bonchev–Trinajstić information content (AvgIpc) is 3.08. The summed E-state index contributed by atoms with van der Waals surface area (Å²) in [7, 11) is 0. The van der Waals surface area contributed by atoms with Crippen molar-refractivity contribution in [3.05, 3.63) is 64.8 Å². The number of anilines is 3. The van der Waals surface area contributed by atoms with Gasteiger partial charge in [0, 0.05) is 18.5 Å². The molecule has 0 fully saturated rings. The molecule has 0 bridgehead atoms. The van der Waals surface area contributed by atoms with Crippen LogP contribution in [0.4, 0.5) is 16.6 Å². The highest BCUT2D eigenvalue weighted by molar-refractivity contribution is 7.14. The van der Waals surface area contributed by atoms with Gasteiger partial charge in [-0.2, -0.15) is 5.10 Å². The molecule has 1 aromatic carbocycles. The summed E-state index contributed by atoms with van der Waals surface area (Å²) in [4.78, 5) is 22.5. The lowest BCUT2D eigenvalue weighted by molar-refractivity contribution is -0.115. The summed E-state index contributed by atoms with van der Waals surface area (Å²) in [6.45, 7) is 5.58. The zero-order valence-corrected chi connectivity index (χ0v) is 15.6. The third-order valence-electron chi connectivity index (χ3n) is 3.87. The minimum Gasteiger partial charge on any atom is -0.274 e. The standard InChI is InChI=1S/C19H19N5OS/c1-13-7-6-8-17(14(13)2)24(15(3)25)19-22-16(12-26-19)11-21-23-18-9-4-5-10-20-18/h4-12H,1-3H3,(H,20,23)/b21-11-. The Bertz CT molecular complexity index is 936. The lowest BCUT2D eigenvalue weighted by atomic mass is 10.1. The van der Waals surface area contributed by atoms with Crippen molar-refractivity contribution in [2.24, 2.45) is 5.10 Å². The molecular formula is C19H19N5OS. The second-order valence-corrected chi connectivity index (χ2v) is 6.55. The number of thiazole rings is 1. The van der Waals surface area contributed by atoms with Crippen molar-refractivity contribution < 1.29 is 4.79 Å². The Hall–Kier alpha value is -3.06. The number of pyridine rings is 1. The van der Waals surface area contributed by atoms with Crippen LogP contribution in [-0.4, -0.2) is 22.1 Å². The smallest absolute Gasteiger partial charge is 0.230 e. The Kier molecular flexibility index (Phi) is 5.38. The molecule has 0 saturated heterocycles. The van der Waals surface area contributed by atoms with Gasteiger partial charge in [0.2, 0.25) is 5.91 Å². The van der Waals surface area contributed by atoms with E-state index in [0.29, 0.717) is 16.6 Å². The monoisotopic (exact) mass is 365 g/mol. The summed E-state index contributed by atoms with van der Waals surface area (Å²) < 4.78 is 0. The number of amides is 1. The molecule has 2 aromatic heterocycles. The fraction of sp³-hybridized carbons (Fsp3) is 0.158. The number of carbonyl (C=O) groups excluding carboxylic acids is 1. The molecule has 0 spiro atoms. The van der Waals surface area contributed by atoms with Gasteiger partial charge in [-0.3, -0.25) is 15.1 Å². The van der Waals surface area contributed by atoms with E-state index in [1.54, 1.807) is 24.2 Å². The quantitative estimate of drug-likeness (QED) is 0.541. The van der Waals surface area contributed by atoms with Gasteiger partial charge < -0.3 is 0 Å². The van der Waals surface area contributed by atoms with Crippen LogP contribution in [0, 0.1) is 13.8 Å². The number of nitrogens with zero attached hydrogens (tertiary/aromatic N) is 4. The molecule has 6 nitrogen and oxygen atoms in total. The van der Waals surface area contributed by atoms with Crippen molar-refractivity contribution in [3.8, 4) is 0 Å². The van der Waals surface area contributed by atoms with Gasteiger partial charge in [-0.15, -0.1) is 11.3 Å². The molecule has 132 valence electrons. The van der Waals surface area contributed by atoms with Crippen LogP contribution in [0.5, 0.6) is 0 Å². The van der Waals surface area contributed by atoms with Gasteiger partial charge in [0.15, 0.2) is 5.13 Å². The second kappa shape index (κ2) is 7.88. The van der Waals surface area contributed by atoms with Gasteiger partial charge >= 0.3 is 0 Å². The Morgan fingerprint density at radius 3 is 2.81 bits per heavy atom. The SMILES string of the molecule is CC(=O)N(c1nc(/C=N\Nc2ccccn2)cs1)c1cccc(C)c1C. The zero-order chi connectivity index (χ0) is 18.5. The lowest BCUT2D eigenvalue weighted by Gasteiger charge is -2.21. The Labute approximate surface area is 156 Å². The van der Waals surface area contributed by atoms with E-state index >= 15 is 0 Å². The van der Waals surface area contributed by atoms with E-state index in [1.807, 2.05) is 55.6 Å². The Morgan fingerprint density at radius 1 is 1.23 bits per heavy atom. The van der Waals surface area contributed by atoms with E-state index in [0.717, 1.165) is 16.8 Å². The molecular weight excluding hydrogens is 346 g/mol. The van der Waals surface area contributed by atoms with Crippen molar-refractivity contribution in [2.45, 2.75) is 20.8 Å². The predicted octanol–water partition coefficient (Wildman–Crippen LogP) is 4.29. The predicted molar refractivity (Wildman–Crippen MR) is 106 cm³/mol. The van der Waals surface area contributed by atoms with Crippen molar-refractivity contribution in [2.75, 3.05) is 10.3 Å². The molecule has 3 rings (SSSR count). The molecule has 0 unspecified atom stereocenters. The number of hydrogen-bond donors (Lipinski definition) is 1. The summed E-state index contributed by atoms with van der Waals surface area (Å²) in [5, 5.41) is 6.61. The van der Waals surface area contributed by atoms with Gasteiger partial charge in [0.05, 0.1) is 17.6 Å². The molecule has 0 radical (unpaired) electrons. The molecule has 0 aliphatic heterocycles. The molecule has 3 aromatic rings. The first-order valence-corrected chi connectivity index (χ1v) is 8.97. The van der Waals surface area contributed by atoms with Crippen LogP contribution in [-0.2, 0) is 4.79 Å². The summed E-state index contributed by atoms with van der Waals surface area (Å²) in [5.74, 6) is 0.572. The first-order valence-electron chi connectivity index (χ1n) is 8.09. The minimum absolute atomic E-state index is 0.0804. The van der Waals surface area contributed by atoms with Crippen molar-refractivity contribution in [1.82, 2.24) is 9.97 Å². The third kappa shape index (κ3) is 3.94. The van der Waals surface area contributed by atoms with E-state index in [4.69, 9.17) is 0 Å². The van der Waals surface area contributed by atoms with Crippen LogP contribution in [0.2, 0.25) is 0 Å². The van der Waals surface area contributed by atoms with Crippen molar-refractivity contribution >= 4 is 40.1 Å². The average molecular weight is 365 g/mol. The number of hydrogen-bond acceptors (Lipinski definition) is 6. The lowest BCUT2D eigenvalue weighted by Crippen LogP contribution is -2.23. The molecule has 1 amide bonds. The maximum atomic E-state index is 12.3. The maximum Gasteiger partial charge on any atom is 0.230 e. The zero-order valence-electron chi connectivity index (χ0n) is 14.8. The van der Waals surface area contributed by atoms with Gasteiger partial charge in [0.25, 0.3) is 0 Å². The van der Waals surface area contributed by atoms with Gasteiger partial charge in [-0.1, -0.05) is 18.2 Å². The second-order valence-electron chi connectivity index (χ2n) is 5.71. The van der Waals surface area contributed by atoms with Crippen LogP contribution in [0.1, 0.15) is 23.7 Å². The summed E-state index contributed by atoms with van der Waals surface area (Å²) in [5.41, 5.74) is 6.56. The molecule has 0 saturated carbocycles. The fourth-order valence-electron chi connectivity index (χ4n) is 2.42. The van der Waals surface area contributed by atoms with E-state index in [2.05, 4.69) is 20.5 Å². The van der Waals surface area contributed by atoms with Crippen molar-refractivity contribution in [1.29, 1.82) is 0 Å². The summed E-state index contributed by atoms with van der Waals surface area (Å²) in [6.07, 6.45) is 3.30. The van der Waals surface area contributed by atoms with Crippen LogP contribution < -0.4 is 10.3 Å². The number of hydrazone groups is 1. The van der Waals surface area contributed by atoms with Crippen LogP contribution >= 0.6 is 11.3 Å². The summed E-state index contributed by atoms with van der Waals surface area (Å²) >= 11 is 1.40. The topological polar surface area (TPSA) is 70.5 Å². The largest absolute Gasteiger partial charge is 0.274 e. The first-order chi connectivity index (χ1) is 12.6. The van der Waals surface area contributed by atoms with Crippen molar-refractivity contribution in [3.63, 3.8) is 0 Å². The van der Waals surface area contributed by atoms with Gasteiger partial charge in [0.1, 0.15) is 5.82 Å². The van der Waals surface area contributed by atoms with E-state index < -0.39 is 0 Å². The number of nitrogens with one attached hydrogen (secondary N) is 1. The molecule has 0 atom stereocenters. The van der Waals surface area contributed by atoms with E-state index in [1.165, 1.54) is 11.3 Å². The van der Waals surface area contributed by atoms with E-state index in [-0.39, 0.29) is 5.91 Å². The van der Waals surface area contributed by atoms with Crippen LogP contribution in [0.3, 0.4) is 0 Å². The molecule has 26 heavy (non-hydrogen) atoms. The minimum atomic E-state index is -0.0804. The Balaban J connectivity index is 1.82. The van der Waals surface area contributed by atoms with Gasteiger partial charge in [-0.05, 0) is 43.2 Å². The highest BCUT2D eigenvalue weighted by atomic mass is 32.1. The molecule has 0 aliphatic carbocycles. The first kappa shape index (κ1) is 17.8. The molecule has 7 heteroatoms. The highest BCUT2D eigenvalue weighted by Crippen LogP contribution is 2.32. The molecule has 1 N–H and O–H groups in total. The van der Waals surface area contributed by atoms with Gasteiger partial charge in [-0.25, -0.2) is 9.97 Å². The number of benzene rings is 1. The number of aromatic nitrogens is 2. The highest BCUT2D eigenvalue weighted by Gasteiger charge is 2.19. The maximum absolute atomic E-state index is 12.3. The normalized spacial score (nSPS) is 10.9. The van der Waals surface area contributed by atoms with Crippen LogP contribution in [0.25, 0.3) is 0 Å². The number of rotatable bonds is 5. The fourth-order valence-corrected chi connectivity index (χ4v) is 3.25. The summed E-state index contributed by atoms with van der Waals surface area (Å²) in [6, 6.07) is 11.4. The van der Waals surface area contributed by atoms with E-state index in [9.17, 15) is 4.79 Å². The number of aryl methyl sites for hydroxylation is 1. The molecule has 0 aliphatic rings. The Morgan fingerprint density at radius 2 is 2.08 bits per heavy atom. The molecule has 2 heterocycles. The van der Waals surface area contributed by atoms with Crippen LogP contribution in [0.15, 0.2) is 53.1 Å². The third-order valence-corrected chi connectivity index (χ3v) is 4.72.